The number of amides is 3. The molecule has 1 aliphatic rings. The van der Waals surface area contributed by atoms with Crippen LogP contribution in [0.4, 0.5) is 10.5 Å². The highest BCUT2D eigenvalue weighted by atomic mass is 16.2. The summed E-state index contributed by atoms with van der Waals surface area (Å²) in [5.74, 6) is -0.0500. The third-order valence-electron chi connectivity index (χ3n) is 4.44. The first-order chi connectivity index (χ1) is 12.1. The molecule has 8 heteroatoms. The van der Waals surface area contributed by atoms with Crippen LogP contribution in [0, 0.1) is 0 Å². The minimum absolute atomic E-state index is 0.0500. The summed E-state index contributed by atoms with van der Waals surface area (Å²) < 4.78 is 1.76. The number of anilines is 1. The molecule has 0 atom stereocenters. The molecule has 0 aliphatic carbocycles. The van der Waals surface area contributed by atoms with Gasteiger partial charge < -0.3 is 21.7 Å². The quantitative estimate of drug-likeness (QED) is 0.642. The van der Waals surface area contributed by atoms with E-state index in [-0.39, 0.29) is 5.91 Å². The number of nitrogens with zero attached hydrogens (tertiary/aromatic N) is 2. The fourth-order valence-electron chi connectivity index (χ4n) is 3.17. The molecule has 8 nitrogen and oxygen atoms in total. The molecule has 132 valence electrons. The molecule has 2 heterocycles. The van der Waals surface area contributed by atoms with Gasteiger partial charge in [0.15, 0.2) is 0 Å². The van der Waals surface area contributed by atoms with Crippen LogP contribution >= 0.6 is 0 Å². The number of primary amides is 1. The molecule has 0 bridgehead atoms. The average molecular weight is 342 g/mol. The van der Waals surface area contributed by atoms with Crippen molar-refractivity contribution in [2.75, 3.05) is 18.4 Å². The van der Waals surface area contributed by atoms with Crippen LogP contribution in [0.15, 0.2) is 42.7 Å². The molecular weight excluding hydrogens is 320 g/mol. The fourth-order valence-corrected chi connectivity index (χ4v) is 3.17. The second-order valence-corrected chi connectivity index (χ2v) is 6.10. The Morgan fingerprint density at radius 3 is 2.76 bits per heavy atom. The predicted molar refractivity (Wildman–Crippen MR) is 93.8 cm³/mol. The van der Waals surface area contributed by atoms with Crippen molar-refractivity contribution in [2.24, 2.45) is 5.73 Å². The third-order valence-corrected chi connectivity index (χ3v) is 4.44. The van der Waals surface area contributed by atoms with Gasteiger partial charge in [0.25, 0.3) is 0 Å². The lowest BCUT2D eigenvalue weighted by molar-refractivity contribution is -0.132. The molecule has 0 saturated carbocycles. The fraction of sp³-hybridized carbons (Fsp3) is 0.353. The Hall–Kier alpha value is -2.87. The second-order valence-electron chi connectivity index (χ2n) is 6.10. The van der Waals surface area contributed by atoms with Gasteiger partial charge in [-0.15, -0.1) is 0 Å². The number of piperidine rings is 1. The zero-order valence-electron chi connectivity index (χ0n) is 13.9. The van der Waals surface area contributed by atoms with E-state index < -0.39 is 11.6 Å². The van der Waals surface area contributed by atoms with Gasteiger partial charge in [-0.1, -0.05) is 12.1 Å². The van der Waals surface area contributed by atoms with Crippen LogP contribution in [0.1, 0.15) is 18.4 Å². The van der Waals surface area contributed by atoms with E-state index in [1.165, 1.54) is 0 Å². The van der Waals surface area contributed by atoms with Gasteiger partial charge in [-0.05, 0) is 49.7 Å². The Balaban J connectivity index is 1.71. The monoisotopic (exact) mass is 342 g/mol. The number of carbonyl (C=O) groups excluding carboxylic acids is 2. The highest BCUT2D eigenvalue weighted by Crippen LogP contribution is 2.27. The van der Waals surface area contributed by atoms with E-state index in [4.69, 9.17) is 5.73 Å². The zero-order valence-corrected chi connectivity index (χ0v) is 13.9. The number of urea groups is 1. The van der Waals surface area contributed by atoms with Crippen LogP contribution in [-0.4, -0.2) is 34.8 Å². The molecule has 0 radical (unpaired) electrons. The Morgan fingerprint density at radius 1 is 1.28 bits per heavy atom. The molecule has 1 fully saturated rings. The zero-order chi connectivity index (χ0) is 17.7. The number of benzene rings is 1. The van der Waals surface area contributed by atoms with E-state index in [0.29, 0.717) is 25.1 Å². The van der Waals surface area contributed by atoms with Crippen molar-refractivity contribution in [1.82, 2.24) is 20.4 Å². The SMILES string of the molecule is NC(=O)Nc1cccc(CNC(=O)C2(n3cccn3)CCNCC2)c1. The molecule has 0 unspecified atom stereocenters. The first-order valence-electron chi connectivity index (χ1n) is 8.25. The van der Waals surface area contributed by atoms with E-state index in [9.17, 15) is 9.59 Å². The predicted octanol–water partition coefficient (Wildman–Crippen LogP) is 0.769. The summed E-state index contributed by atoms with van der Waals surface area (Å²) in [6.07, 6.45) is 4.89. The summed E-state index contributed by atoms with van der Waals surface area (Å²) in [5.41, 5.74) is 5.94. The largest absolute Gasteiger partial charge is 0.351 e. The normalized spacial score (nSPS) is 16.2. The van der Waals surface area contributed by atoms with Crippen molar-refractivity contribution in [3.63, 3.8) is 0 Å². The number of nitrogens with one attached hydrogen (secondary N) is 3. The lowest BCUT2D eigenvalue weighted by Gasteiger charge is -2.36. The topological polar surface area (TPSA) is 114 Å². The summed E-state index contributed by atoms with van der Waals surface area (Å²) in [7, 11) is 0. The van der Waals surface area contributed by atoms with Crippen LogP contribution in [0.2, 0.25) is 0 Å². The van der Waals surface area contributed by atoms with E-state index in [1.54, 1.807) is 29.1 Å². The molecule has 3 rings (SSSR count). The Morgan fingerprint density at radius 2 is 2.08 bits per heavy atom. The van der Waals surface area contributed by atoms with Crippen LogP contribution < -0.4 is 21.7 Å². The highest BCUT2D eigenvalue weighted by molar-refractivity contribution is 5.88. The summed E-state index contributed by atoms with van der Waals surface area (Å²) in [5, 5.41) is 13.1. The van der Waals surface area contributed by atoms with E-state index in [1.807, 2.05) is 18.3 Å². The van der Waals surface area contributed by atoms with Gasteiger partial charge in [-0.3, -0.25) is 9.48 Å². The Kier molecular flexibility index (Phi) is 4.99. The lowest BCUT2D eigenvalue weighted by Crippen LogP contribution is -2.54. The molecule has 1 saturated heterocycles. The smallest absolute Gasteiger partial charge is 0.316 e. The minimum Gasteiger partial charge on any atom is -0.351 e. The molecule has 0 spiro atoms. The van der Waals surface area contributed by atoms with Gasteiger partial charge in [0.1, 0.15) is 5.54 Å². The number of aromatic nitrogens is 2. The molecule has 2 aromatic rings. The van der Waals surface area contributed by atoms with Gasteiger partial charge in [-0.25, -0.2) is 4.79 Å². The Labute approximate surface area is 145 Å². The molecule has 3 amide bonds. The van der Waals surface area contributed by atoms with E-state index in [2.05, 4.69) is 21.0 Å². The lowest BCUT2D eigenvalue weighted by atomic mass is 9.87. The van der Waals surface area contributed by atoms with Gasteiger partial charge in [-0.2, -0.15) is 5.10 Å². The average Bonchev–Trinajstić information content (AvgIpc) is 3.15. The molecule has 25 heavy (non-hydrogen) atoms. The van der Waals surface area contributed by atoms with Crippen molar-refractivity contribution < 1.29 is 9.59 Å². The van der Waals surface area contributed by atoms with Crippen molar-refractivity contribution >= 4 is 17.6 Å². The summed E-state index contributed by atoms with van der Waals surface area (Å²) in [6.45, 7) is 1.90. The maximum atomic E-state index is 13.0. The summed E-state index contributed by atoms with van der Waals surface area (Å²) in [6, 6.07) is 8.43. The number of rotatable bonds is 5. The second kappa shape index (κ2) is 7.35. The van der Waals surface area contributed by atoms with E-state index in [0.717, 1.165) is 18.7 Å². The van der Waals surface area contributed by atoms with Crippen molar-refractivity contribution in [3.05, 3.63) is 48.3 Å². The minimum atomic E-state index is -0.669. The molecule has 1 aromatic carbocycles. The van der Waals surface area contributed by atoms with Gasteiger partial charge >= 0.3 is 6.03 Å². The van der Waals surface area contributed by atoms with Crippen LogP contribution in [-0.2, 0) is 16.9 Å². The van der Waals surface area contributed by atoms with Gasteiger partial charge in [0, 0.05) is 24.6 Å². The van der Waals surface area contributed by atoms with Crippen molar-refractivity contribution in [2.45, 2.75) is 24.9 Å². The van der Waals surface area contributed by atoms with Gasteiger partial charge in [0.2, 0.25) is 5.91 Å². The first-order valence-corrected chi connectivity index (χ1v) is 8.25. The maximum absolute atomic E-state index is 13.0. The molecule has 1 aromatic heterocycles. The first kappa shape index (κ1) is 17.0. The van der Waals surface area contributed by atoms with Crippen molar-refractivity contribution in [3.8, 4) is 0 Å². The molecule has 1 aliphatic heterocycles. The van der Waals surface area contributed by atoms with Crippen LogP contribution in [0.25, 0.3) is 0 Å². The highest BCUT2D eigenvalue weighted by Gasteiger charge is 2.41. The Bertz CT molecular complexity index is 737. The summed E-state index contributed by atoms with van der Waals surface area (Å²) in [4.78, 5) is 23.9. The van der Waals surface area contributed by atoms with Crippen molar-refractivity contribution in [1.29, 1.82) is 0 Å². The number of hydrogen-bond donors (Lipinski definition) is 4. The standard InChI is InChI=1S/C17H22N6O2/c18-16(25)22-14-4-1-3-13(11-14)12-20-15(24)17(5-8-19-9-6-17)23-10-2-7-21-23/h1-4,7,10-11,19H,5-6,8-9,12H2,(H,20,24)(H3,18,22,25). The maximum Gasteiger partial charge on any atom is 0.316 e. The van der Waals surface area contributed by atoms with E-state index >= 15 is 0 Å². The number of carbonyl (C=O) groups is 2. The summed E-state index contributed by atoms with van der Waals surface area (Å²) >= 11 is 0. The molecular formula is C17H22N6O2. The number of hydrogen-bond acceptors (Lipinski definition) is 4. The van der Waals surface area contributed by atoms with Crippen LogP contribution in [0.5, 0.6) is 0 Å². The van der Waals surface area contributed by atoms with Crippen LogP contribution in [0.3, 0.4) is 0 Å². The van der Waals surface area contributed by atoms with Gasteiger partial charge in [0.05, 0.1) is 0 Å². The third kappa shape index (κ3) is 3.80. The number of nitrogens with two attached hydrogens (primary N) is 1. The molecule has 5 N–H and O–H groups in total.